The third-order valence-electron chi connectivity index (χ3n) is 5.24. The number of methoxy groups -OCH3 is 1. The summed E-state index contributed by atoms with van der Waals surface area (Å²) in [7, 11) is 1.71. The largest absolute Gasteiger partial charge is 0.495 e. The Bertz CT molecular complexity index is 737. The van der Waals surface area contributed by atoms with Crippen LogP contribution in [-0.2, 0) is 25.8 Å². The van der Waals surface area contributed by atoms with Gasteiger partial charge in [0.1, 0.15) is 5.75 Å². The van der Waals surface area contributed by atoms with Gasteiger partial charge in [-0.2, -0.15) is 0 Å². The predicted octanol–water partition coefficient (Wildman–Crippen LogP) is 4.51. The summed E-state index contributed by atoms with van der Waals surface area (Å²) in [5.41, 5.74) is 11.8. The van der Waals surface area contributed by atoms with Gasteiger partial charge < -0.3 is 14.5 Å². The van der Waals surface area contributed by atoms with E-state index in [9.17, 15) is 0 Å². The Morgan fingerprint density at radius 3 is 2.00 bits per heavy atom. The maximum atomic E-state index is 6.75. The van der Waals surface area contributed by atoms with Gasteiger partial charge in [0.25, 0.3) is 0 Å². The van der Waals surface area contributed by atoms with Crippen LogP contribution in [0, 0.1) is 0 Å². The first-order chi connectivity index (χ1) is 12.5. The van der Waals surface area contributed by atoms with Gasteiger partial charge in [-0.1, -0.05) is 58.0 Å². The third kappa shape index (κ3) is 4.24. The first-order valence-corrected chi connectivity index (χ1v) is 9.50. The fourth-order valence-corrected chi connectivity index (χ4v) is 3.87. The number of nitrogens with two attached hydrogens (primary N) is 1. The van der Waals surface area contributed by atoms with Gasteiger partial charge in [-0.15, -0.1) is 0 Å². The molecule has 2 aromatic rings. The number of anilines is 2. The van der Waals surface area contributed by atoms with Crippen molar-refractivity contribution in [3.63, 3.8) is 0 Å². The number of hydrogen-bond donors (Lipinski definition) is 1. The fourth-order valence-electron chi connectivity index (χ4n) is 3.87. The van der Waals surface area contributed by atoms with Crippen LogP contribution >= 0.6 is 0 Å². The molecule has 27 heavy (non-hydrogen) atoms. The van der Waals surface area contributed by atoms with E-state index in [1.54, 1.807) is 7.11 Å². The zero-order chi connectivity index (χ0) is 18.8. The SMILES string of the molecule is COc1ccccc1N1CCN(c2c(C(C)C)cccc2C(C)C)C1N.[Hf]. The van der Waals surface area contributed by atoms with Crippen molar-refractivity contribution in [3.8, 4) is 5.75 Å². The molecule has 1 aliphatic heterocycles. The summed E-state index contributed by atoms with van der Waals surface area (Å²) in [6.45, 7) is 10.8. The van der Waals surface area contributed by atoms with Crippen LogP contribution in [0.5, 0.6) is 5.75 Å². The Balaban J connectivity index is 0.00000261. The van der Waals surface area contributed by atoms with Crippen molar-refractivity contribution in [2.75, 3.05) is 30.0 Å². The van der Waals surface area contributed by atoms with Crippen molar-refractivity contribution in [1.82, 2.24) is 0 Å². The standard InChI is InChI=1S/C22H31N3O.Hf/c1-15(2)17-9-8-10-18(16(3)4)21(17)25-14-13-24(22(25)23)19-11-6-7-12-20(19)26-5;/h6-12,15-16,22H,13-14,23H2,1-5H3;. The summed E-state index contributed by atoms with van der Waals surface area (Å²) < 4.78 is 5.56. The monoisotopic (exact) mass is 533 g/mol. The van der Waals surface area contributed by atoms with Crippen molar-refractivity contribution in [2.24, 2.45) is 5.73 Å². The molecule has 144 valence electrons. The van der Waals surface area contributed by atoms with E-state index in [4.69, 9.17) is 10.5 Å². The number of para-hydroxylation sites is 3. The Kier molecular flexibility index (Phi) is 7.52. The van der Waals surface area contributed by atoms with Gasteiger partial charge in [-0.25, -0.2) is 0 Å². The van der Waals surface area contributed by atoms with Crippen LogP contribution in [0.25, 0.3) is 0 Å². The molecule has 1 heterocycles. The molecular formula is C22H31HfN3O. The van der Waals surface area contributed by atoms with Crippen LogP contribution in [0.15, 0.2) is 42.5 Å². The Hall–Kier alpha value is -1.33. The molecule has 1 aliphatic rings. The first kappa shape index (κ1) is 22.0. The van der Waals surface area contributed by atoms with Crippen molar-refractivity contribution >= 4 is 11.4 Å². The summed E-state index contributed by atoms with van der Waals surface area (Å²) in [5.74, 6) is 1.78. The third-order valence-corrected chi connectivity index (χ3v) is 5.24. The van der Waals surface area contributed by atoms with Crippen LogP contribution in [0.2, 0.25) is 0 Å². The van der Waals surface area contributed by atoms with E-state index >= 15 is 0 Å². The minimum Gasteiger partial charge on any atom is -0.495 e. The number of ether oxygens (including phenoxy) is 1. The molecule has 3 rings (SSSR count). The second-order valence-corrected chi connectivity index (χ2v) is 7.57. The summed E-state index contributed by atoms with van der Waals surface area (Å²) in [5, 5.41) is 0. The molecule has 0 aliphatic carbocycles. The molecule has 0 aromatic heterocycles. The summed E-state index contributed by atoms with van der Waals surface area (Å²) in [6.07, 6.45) is -0.205. The van der Waals surface area contributed by atoms with Crippen LogP contribution < -0.4 is 20.3 Å². The summed E-state index contributed by atoms with van der Waals surface area (Å²) >= 11 is 0. The average Bonchev–Trinajstić information content (AvgIpc) is 3.01. The normalized spacial score (nSPS) is 16.8. The van der Waals surface area contributed by atoms with E-state index in [2.05, 4.69) is 61.8 Å². The minimum atomic E-state index is -0.205. The van der Waals surface area contributed by atoms with Crippen LogP contribution in [0.4, 0.5) is 11.4 Å². The fraction of sp³-hybridized carbons (Fsp3) is 0.455. The topological polar surface area (TPSA) is 41.7 Å². The first-order valence-electron chi connectivity index (χ1n) is 9.50. The molecule has 5 heteroatoms. The predicted molar refractivity (Wildman–Crippen MR) is 110 cm³/mol. The smallest absolute Gasteiger partial charge is 0.155 e. The van der Waals surface area contributed by atoms with E-state index in [1.165, 1.54) is 16.8 Å². The van der Waals surface area contributed by atoms with Gasteiger partial charge >= 0.3 is 0 Å². The van der Waals surface area contributed by atoms with Gasteiger partial charge in [0, 0.05) is 44.6 Å². The van der Waals surface area contributed by atoms with E-state index in [-0.39, 0.29) is 32.1 Å². The number of rotatable bonds is 5. The van der Waals surface area contributed by atoms with E-state index in [1.807, 2.05) is 18.2 Å². The Labute approximate surface area is 182 Å². The molecule has 2 N–H and O–H groups in total. The van der Waals surface area contributed by atoms with Crippen LogP contribution in [-0.4, -0.2) is 26.5 Å². The molecule has 4 nitrogen and oxygen atoms in total. The van der Waals surface area contributed by atoms with Crippen molar-refractivity contribution in [1.29, 1.82) is 0 Å². The van der Waals surface area contributed by atoms with E-state index in [0.29, 0.717) is 11.8 Å². The van der Waals surface area contributed by atoms with Crippen molar-refractivity contribution < 1.29 is 30.6 Å². The summed E-state index contributed by atoms with van der Waals surface area (Å²) in [4.78, 5) is 4.59. The van der Waals surface area contributed by atoms with Crippen molar-refractivity contribution in [3.05, 3.63) is 53.6 Å². The zero-order valence-corrected chi connectivity index (χ0v) is 20.7. The number of hydrogen-bond acceptors (Lipinski definition) is 4. The van der Waals surface area contributed by atoms with Crippen LogP contribution in [0.3, 0.4) is 0 Å². The molecule has 0 spiro atoms. The Morgan fingerprint density at radius 1 is 0.889 bits per heavy atom. The quantitative estimate of drug-likeness (QED) is 0.577. The molecule has 0 bridgehead atoms. The van der Waals surface area contributed by atoms with Crippen molar-refractivity contribution in [2.45, 2.75) is 45.8 Å². The molecule has 0 amide bonds. The molecule has 1 atom stereocenters. The molecule has 2 aromatic carbocycles. The van der Waals surface area contributed by atoms with Gasteiger partial charge in [-0.05, 0) is 35.1 Å². The molecule has 1 unspecified atom stereocenters. The maximum absolute atomic E-state index is 6.75. The van der Waals surface area contributed by atoms with Gasteiger partial charge in [0.15, 0.2) is 6.29 Å². The number of benzene rings is 2. The van der Waals surface area contributed by atoms with Gasteiger partial charge in [0.05, 0.1) is 12.8 Å². The molecule has 1 fully saturated rings. The number of nitrogens with zero attached hydrogens (tertiary/aromatic N) is 2. The van der Waals surface area contributed by atoms with E-state index < -0.39 is 0 Å². The van der Waals surface area contributed by atoms with Gasteiger partial charge in [-0.3, -0.25) is 5.73 Å². The van der Waals surface area contributed by atoms with Gasteiger partial charge in [0.2, 0.25) is 0 Å². The zero-order valence-electron chi connectivity index (χ0n) is 17.1. The molecule has 0 saturated carbocycles. The second kappa shape index (κ2) is 9.24. The average molecular weight is 532 g/mol. The minimum absolute atomic E-state index is 0. The van der Waals surface area contributed by atoms with Crippen LogP contribution in [0.1, 0.15) is 50.7 Å². The second-order valence-electron chi connectivity index (χ2n) is 7.57. The molecule has 1 saturated heterocycles. The molecular weight excluding hydrogens is 501 g/mol. The Morgan fingerprint density at radius 2 is 1.44 bits per heavy atom. The summed E-state index contributed by atoms with van der Waals surface area (Å²) in [6, 6.07) is 14.8. The molecule has 0 radical (unpaired) electrons. The maximum Gasteiger partial charge on any atom is 0.155 e. The van der Waals surface area contributed by atoms with E-state index in [0.717, 1.165) is 24.5 Å².